The van der Waals surface area contributed by atoms with Crippen LogP contribution in [0.4, 0.5) is 0 Å². The molecule has 0 N–H and O–H groups in total. The summed E-state index contributed by atoms with van der Waals surface area (Å²) in [7, 11) is 0. The lowest BCUT2D eigenvalue weighted by Crippen LogP contribution is -2.29. The molecule has 1 unspecified atom stereocenters. The smallest absolute Gasteiger partial charge is 0.310 e. The van der Waals surface area contributed by atoms with Gasteiger partial charge in [-0.3, -0.25) is 9.59 Å². The quantitative estimate of drug-likeness (QED) is 0.0355. The zero-order chi connectivity index (χ0) is 40.7. The maximum Gasteiger partial charge on any atom is 0.310 e. The van der Waals surface area contributed by atoms with Crippen LogP contribution in [0.15, 0.2) is 122 Å². The van der Waals surface area contributed by atoms with Gasteiger partial charge in [0, 0.05) is 6.61 Å². The molecule has 0 saturated heterocycles. The Labute approximate surface area is 344 Å². The lowest BCUT2D eigenvalue weighted by molar-refractivity contribution is -0.161. The number of esters is 2. The largest absolute Gasteiger partial charge is 0.461 e. The highest BCUT2D eigenvalue weighted by atomic mass is 16.6. The summed E-state index contributed by atoms with van der Waals surface area (Å²) >= 11 is 0. The molecular weight excluding hydrogens is 693 g/mol. The van der Waals surface area contributed by atoms with Gasteiger partial charge in [0.25, 0.3) is 0 Å². The average Bonchev–Trinajstić information content (AvgIpc) is 3.20. The maximum atomic E-state index is 12.6. The van der Waals surface area contributed by atoms with Gasteiger partial charge in [0.2, 0.25) is 0 Å². The molecule has 0 spiro atoms. The van der Waals surface area contributed by atoms with Crippen LogP contribution in [-0.4, -0.2) is 37.9 Å². The minimum atomic E-state index is -0.634. The normalized spacial score (nSPS) is 13.4. The van der Waals surface area contributed by atoms with Gasteiger partial charge in [-0.1, -0.05) is 200 Å². The molecule has 56 heavy (non-hydrogen) atoms. The van der Waals surface area contributed by atoms with E-state index >= 15 is 0 Å². The van der Waals surface area contributed by atoms with Crippen molar-refractivity contribution in [2.75, 3.05) is 19.8 Å². The summed E-state index contributed by atoms with van der Waals surface area (Å²) in [6.07, 6.45) is 63.9. The van der Waals surface area contributed by atoms with E-state index in [0.717, 1.165) is 77.0 Å². The highest BCUT2D eigenvalue weighted by Crippen LogP contribution is 2.11. The molecule has 0 aliphatic heterocycles. The van der Waals surface area contributed by atoms with Crippen LogP contribution >= 0.6 is 0 Å². The first kappa shape index (κ1) is 52.3. The van der Waals surface area contributed by atoms with Crippen LogP contribution in [0.2, 0.25) is 0 Å². The average molecular weight is 773 g/mol. The van der Waals surface area contributed by atoms with Crippen LogP contribution in [0.5, 0.6) is 0 Å². The van der Waals surface area contributed by atoms with E-state index in [1.54, 1.807) is 0 Å². The third-order valence-electron chi connectivity index (χ3n) is 8.56. The Balaban J connectivity index is 4.55. The number of unbranched alkanes of at least 4 members (excludes halogenated alkanes) is 9. The molecule has 0 aromatic heterocycles. The fraction of sp³-hybridized carbons (Fsp3) is 0.569. The predicted octanol–water partition coefficient (Wildman–Crippen LogP) is 14.7. The Hall–Kier alpha value is -3.70. The maximum absolute atomic E-state index is 12.6. The second kappa shape index (κ2) is 45.7. The van der Waals surface area contributed by atoms with Gasteiger partial charge >= 0.3 is 11.9 Å². The Kier molecular flexibility index (Phi) is 42.7. The van der Waals surface area contributed by atoms with Gasteiger partial charge in [-0.05, 0) is 70.6 Å². The Morgan fingerprint density at radius 3 is 1.12 bits per heavy atom. The molecule has 0 aliphatic carbocycles. The van der Waals surface area contributed by atoms with E-state index in [1.165, 1.54) is 51.4 Å². The van der Waals surface area contributed by atoms with Crippen LogP contribution in [0.1, 0.15) is 162 Å². The van der Waals surface area contributed by atoms with Gasteiger partial charge in [-0.2, -0.15) is 0 Å². The first-order chi connectivity index (χ1) is 27.6. The number of carbonyl (C=O) groups is 2. The second-order valence-corrected chi connectivity index (χ2v) is 13.9. The van der Waals surface area contributed by atoms with Gasteiger partial charge in [0.1, 0.15) is 6.61 Å². The van der Waals surface area contributed by atoms with E-state index in [9.17, 15) is 9.59 Å². The van der Waals surface area contributed by atoms with Crippen molar-refractivity contribution >= 4 is 11.9 Å². The molecule has 0 radical (unpaired) electrons. The summed E-state index contributed by atoms with van der Waals surface area (Å²) < 4.78 is 17.1. The Bertz CT molecular complexity index is 1190. The minimum Gasteiger partial charge on any atom is -0.461 e. The highest BCUT2D eigenvalue weighted by Gasteiger charge is 2.16. The van der Waals surface area contributed by atoms with E-state index in [0.29, 0.717) is 6.61 Å². The van der Waals surface area contributed by atoms with Gasteiger partial charge in [-0.25, -0.2) is 0 Å². The van der Waals surface area contributed by atoms with Crippen molar-refractivity contribution in [1.29, 1.82) is 0 Å². The Morgan fingerprint density at radius 2 is 0.732 bits per heavy atom. The van der Waals surface area contributed by atoms with Crippen molar-refractivity contribution in [2.24, 2.45) is 0 Å². The number of allylic oxidation sites excluding steroid dienone is 18. The van der Waals surface area contributed by atoms with Crippen molar-refractivity contribution < 1.29 is 23.8 Å². The lowest BCUT2D eigenvalue weighted by Gasteiger charge is -2.18. The van der Waals surface area contributed by atoms with E-state index < -0.39 is 6.10 Å². The van der Waals surface area contributed by atoms with Crippen LogP contribution in [0.3, 0.4) is 0 Å². The molecule has 0 aliphatic rings. The number of rotatable bonds is 38. The molecule has 5 nitrogen and oxygen atoms in total. The Morgan fingerprint density at radius 1 is 0.393 bits per heavy atom. The first-order valence-corrected chi connectivity index (χ1v) is 22.1. The number of carbonyl (C=O) groups excluding carboxylic acids is 2. The monoisotopic (exact) mass is 773 g/mol. The van der Waals surface area contributed by atoms with E-state index in [1.807, 2.05) is 24.3 Å². The van der Waals surface area contributed by atoms with Gasteiger partial charge in [0.15, 0.2) is 6.10 Å². The number of hydrogen-bond donors (Lipinski definition) is 0. The highest BCUT2D eigenvalue weighted by molar-refractivity contribution is 5.72. The fourth-order valence-electron chi connectivity index (χ4n) is 5.36. The molecule has 0 aromatic rings. The molecule has 0 bridgehead atoms. The van der Waals surface area contributed by atoms with Crippen molar-refractivity contribution in [3.05, 3.63) is 122 Å². The summed E-state index contributed by atoms with van der Waals surface area (Å²) in [5.74, 6) is -0.701. The summed E-state index contributed by atoms with van der Waals surface area (Å²) in [4.78, 5) is 25.1. The third-order valence-corrected chi connectivity index (χ3v) is 8.56. The standard InChI is InChI=1S/C51H80O5/c1-4-7-10-13-16-19-22-24-26-28-30-32-35-38-41-44-50(52)55-48-49(47-54-46-43-40-37-34-21-18-15-12-9-6-3)56-51(53)45-42-39-36-33-31-29-27-25-23-20-17-14-11-8-5-2/h7-8,10-11,16-17,19-20,24-27,30-33,38-39,41-42,49H,4-6,9,12-15,18,21-23,28-29,34-37,40,43-48H2,1-3H3/b10-7-,11-8-,19-16-,20-17-,26-24-,27-25-,32-30-,33-31-,41-38-,42-39-. The SMILES string of the molecule is CC/C=C\C/C=C\C/C=C\C/C=C\C/C=C\CC(=O)OCC(COCCCCCCCCCCCC)OC(=O)C/C=C\C/C=C\C/C=C\C/C=C\C/C=C\CC. The zero-order valence-electron chi connectivity index (χ0n) is 35.8. The minimum absolute atomic E-state index is 0.0149. The summed E-state index contributed by atoms with van der Waals surface area (Å²) in [5.41, 5.74) is 0. The van der Waals surface area contributed by atoms with Gasteiger partial charge in [-0.15, -0.1) is 0 Å². The molecule has 0 amide bonds. The van der Waals surface area contributed by atoms with Crippen molar-refractivity contribution in [3.8, 4) is 0 Å². The van der Waals surface area contributed by atoms with Crippen molar-refractivity contribution in [1.82, 2.24) is 0 Å². The number of ether oxygens (including phenoxy) is 3. The van der Waals surface area contributed by atoms with Gasteiger partial charge < -0.3 is 14.2 Å². The van der Waals surface area contributed by atoms with E-state index in [2.05, 4.69) is 118 Å². The molecule has 1 atom stereocenters. The first-order valence-electron chi connectivity index (χ1n) is 22.1. The molecule has 0 rings (SSSR count). The molecule has 0 heterocycles. The fourth-order valence-corrected chi connectivity index (χ4v) is 5.36. The molecule has 0 aromatic carbocycles. The van der Waals surface area contributed by atoms with Crippen LogP contribution in [-0.2, 0) is 23.8 Å². The summed E-state index contributed by atoms with van der Waals surface area (Å²) in [5, 5.41) is 0. The summed E-state index contributed by atoms with van der Waals surface area (Å²) in [6.45, 7) is 7.34. The second-order valence-electron chi connectivity index (χ2n) is 13.9. The third kappa shape index (κ3) is 43.0. The van der Waals surface area contributed by atoms with Crippen LogP contribution < -0.4 is 0 Å². The van der Waals surface area contributed by atoms with Crippen LogP contribution in [0, 0.1) is 0 Å². The van der Waals surface area contributed by atoms with E-state index in [-0.39, 0.29) is 38.0 Å². The lowest BCUT2D eigenvalue weighted by atomic mass is 10.1. The predicted molar refractivity (Wildman–Crippen MR) is 242 cm³/mol. The molecule has 5 heteroatoms. The molecular formula is C51H80O5. The molecule has 314 valence electrons. The zero-order valence-corrected chi connectivity index (χ0v) is 35.8. The van der Waals surface area contributed by atoms with Crippen molar-refractivity contribution in [3.63, 3.8) is 0 Å². The number of hydrogen-bond acceptors (Lipinski definition) is 5. The molecule has 0 saturated carbocycles. The molecule has 0 fully saturated rings. The van der Waals surface area contributed by atoms with Crippen molar-refractivity contribution in [2.45, 2.75) is 168 Å². The topological polar surface area (TPSA) is 61.8 Å². The summed E-state index contributed by atoms with van der Waals surface area (Å²) in [6, 6.07) is 0. The van der Waals surface area contributed by atoms with E-state index in [4.69, 9.17) is 14.2 Å². The van der Waals surface area contributed by atoms with Gasteiger partial charge in [0.05, 0.1) is 19.4 Å². The van der Waals surface area contributed by atoms with Crippen LogP contribution in [0.25, 0.3) is 0 Å².